The summed E-state index contributed by atoms with van der Waals surface area (Å²) >= 11 is 3.55. The maximum atomic E-state index is 4.43. The zero-order valence-electron chi connectivity index (χ0n) is 7.71. The van der Waals surface area contributed by atoms with Gasteiger partial charge in [0.15, 0.2) is 0 Å². The Bertz CT molecular complexity index is 445. The highest BCUT2D eigenvalue weighted by atomic mass is 79.9. The van der Waals surface area contributed by atoms with E-state index in [0.29, 0.717) is 0 Å². The van der Waals surface area contributed by atoms with Crippen LogP contribution in [0.25, 0.3) is 10.9 Å². The molecule has 0 atom stereocenters. The molecule has 2 aromatic rings. The van der Waals surface area contributed by atoms with Gasteiger partial charge in [0, 0.05) is 22.6 Å². The molecule has 0 aliphatic heterocycles. The molecule has 0 spiro atoms. The Morgan fingerprint density at radius 2 is 2.23 bits per heavy atom. The summed E-state index contributed by atoms with van der Waals surface area (Å²) in [6, 6.07) is 6.11. The van der Waals surface area contributed by atoms with Crippen molar-refractivity contribution in [3.8, 4) is 0 Å². The number of fused-ring (bicyclic) bond motifs is 1. The van der Waals surface area contributed by atoms with Gasteiger partial charge < -0.3 is 0 Å². The second-order valence-corrected chi connectivity index (χ2v) is 3.91. The van der Waals surface area contributed by atoms with Crippen molar-refractivity contribution in [3.05, 3.63) is 28.4 Å². The molecule has 0 aliphatic carbocycles. The van der Waals surface area contributed by atoms with Gasteiger partial charge in [0.1, 0.15) is 0 Å². The van der Waals surface area contributed by atoms with Crippen LogP contribution in [0.2, 0.25) is 0 Å². The Balaban J connectivity index is 2.88. The summed E-state index contributed by atoms with van der Waals surface area (Å²) in [6.07, 6.45) is 1.01. The van der Waals surface area contributed by atoms with Crippen LogP contribution in [-0.4, -0.2) is 9.78 Å². The molecule has 1 heterocycles. The standard InChI is InChI=1S/C10H11BrN2/c1-3-9-10-7(11)5-4-6-8(10)12-13(9)2/h4-6H,3H2,1-2H3. The minimum atomic E-state index is 1.01. The zero-order valence-corrected chi connectivity index (χ0v) is 9.30. The lowest BCUT2D eigenvalue weighted by Crippen LogP contribution is -1.95. The lowest BCUT2D eigenvalue weighted by Gasteiger charge is -1.98. The van der Waals surface area contributed by atoms with E-state index in [1.807, 2.05) is 23.9 Å². The summed E-state index contributed by atoms with van der Waals surface area (Å²) in [5, 5.41) is 5.67. The molecule has 0 unspecified atom stereocenters. The predicted octanol–water partition coefficient (Wildman–Crippen LogP) is 2.90. The van der Waals surface area contributed by atoms with Crippen molar-refractivity contribution in [2.75, 3.05) is 0 Å². The first-order valence-electron chi connectivity index (χ1n) is 4.34. The summed E-state index contributed by atoms with van der Waals surface area (Å²) in [7, 11) is 1.99. The van der Waals surface area contributed by atoms with Crippen LogP contribution in [0.3, 0.4) is 0 Å². The number of nitrogens with zero attached hydrogens (tertiary/aromatic N) is 2. The number of hydrogen-bond donors (Lipinski definition) is 0. The predicted molar refractivity (Wildman–Crippen MR) is 57.8 cm³/mol. The van der Waals surface area contributed by atoms with Crippen LogP contribution < -0.4 is 0 Å². The van der Waals surface area contributed by atoms with Gasteiger partial charge in [-0.15, -0.1) is 0 Å². The Kier molecular flexibility index (Phi) is 2.12. The van der Waals surface area contributed by atoms with Gasteiger partial charge in [0.25, 0.3) is 0 Å². The van der Waals surface area contributed by atoms with Gasteiger partial charge >= 0.3 is 0 Å². The van der Waals surface area contributed by atoms with E-state index in [0.717, 1.165) is 16.4 Å². The van der Waals surface area contributed by atoms with Gasteiger partial charge in [0.05, 0.1) is 5.52 Å². The van der Waals surface area contributed by atoms with Crippen LogP contribution in [0.4, 0.5) is 0 Å². The maximum absolute atomic E-state index is 4.43. The smallest absolute Gasteiger partial charge is 0.0937 e. The highest BCUT2D eigenvalue weighted by Gasteiger charge is 2.08. The quantitative estimate of drug-likeness (QED) is 0.748. The number of aromatic nitrogens is 2. The first-order chi connectivity index (χ1) is 6.24. The van der Waals surface area contributed by atoms with Crippen LogP contribution in [0.1, 0.15) is 12.6 Å². The second-order valence-electron chi connectivity index (χ2n) is 3.06. The average molecular weight is 239 g/mol. The number of hydrogen-bond acceptors (Lipinski definition) is 1. The van der Waals surface area contributed by atoms with Crippen molar-refractivity contribution >= 4 is 26.8 Å². The first kappa shape index (κ1) is 8.75. The summed E-state index contributed by atoms with van der Waals surface area (Å²) < 4.78 is 3.09. The topological polar surface area (TPSA) is 17.8 Å². The zero-order chi connectivity index (χ0) is 9.42. The number of halogens is 1. The number of aryl methyl sites for hydroxylation is 2. The van der Waals surface area contributed by atoms with Crippen LogP contribution in [-0.2, 0) is 13.5 Å². The van der Waals surface area contributed by atoms with E-state index in [2.05, 4.69) is 34.0 Å². The minimum Gasteiger partial charge on any atom is -0.271 e. The third kappa shape index (κ3) is 1.27. The van der Waals surface area contributed by atoms with E-state index in [1.54, 1.807) is 0 Å². The van der Waals surface area contributed by atoms with Gasteiger partial charge in [0.2, 0.25) is 0 Å². The molecule has 0 N–H and O–H groups in total. The van der Waals surface area contributed by atoms with Crippen molar-refractivity contribution in [2.24, 2.45) is 7.05 Å². The average Bonchev–Trinajstić information content (AvgIpc) is 2.42. The fourth-order valence-electron chi connectivity index (χ4n) is 1.67. The van der Waals surface area contributed by atoms with E-state index >= 15 is 0 Å². The molecule has 0 saturated carbocycles. The Morgan fingerprint density at radius 3 is 2.92 bits per heavy atom. The molecule has 0 radical (unpaired) electrons. The monoisotopic (exact) mass is 238 g/mol. The molecular formula is C10H11BrN2. The van der Waals surface area contributed by atoms with E-state index < -0.39 is 0 Å². The Hall–Kier alpha value is -0.830. The molecule has 0 bridgehead atoms. The largest absolute Gasteiger partial charge is 0.271 e. The second kappa shape index (κ2) is 3.14. The molecular weight excluding hydrogens is 228 g/mol. The Morgan fingerprint density at radius 1 is 1.46 bits per heavy atom. The molecule has 0 amide bonds. The highest BCUT2D eigenvalue weighted by Crippen LogP contribution is 2.26. The lowest BCUT2D eigenvalue weighted by atomic mass is 10.2. The fraction of sp³-hybridized carbons (Fsp3) is 0.300. The summed E-state index contributed by atoms with van der Waals surface area (Å²) in [6.45, 7) is 2.15. The minimum absolute atomic E-state index is 1.01. The molecule has 1 aromatic carbocycles. The van der Waals surface area contributed by atoms with Gasteiger partial charge in [-0.1, -0.05) is 28.9 Å². The fourth-order valence-corrected chi connectivity index (χ4v) is 2.26. The van der Waals surface area contributed by atoms with Crippen molar-refractivity contribution < 1.29 is 0 Å². The molecule has 68 valence electrons. The number of rotatable bonds is 1. The summed E-state index contributed by atoms with van der Waals surface area (Å²) in [5.41, 5.74) is 2.34. The van der Waals surface area contributed by atoms with Gasteiger partial charge in [-0.2, -0.15) is 5.10 Å². The molecule has 3 heteroatoms. The van der Waals surface area contributed by atoms with Crippen molar-refractivity contribution in [3.63, 3.8) is 0 Å². The lowest BCUT2D eigenvalue weighted by molar-refractivity contribution is 0.728. The van der Waals surface area contributed by atoms with Crippen LogP contribution in [0, 0.1) is 0 Å². The van der Waals surface area contributed by atoms with Gasteiger partial charge in [-0.3, -0.25) is 4.68 Å². The van der Waals surface area contributed by atoms with Crippen LogP contribution in [0.5, 0.6) is 0 Å². The Labute approximate surface area is 85.7 Å². The van der Waals surface area contributed by atoms with Crippen LogP contribution >= 0.6 is 15.9 Å². The third-order valence-electron chi connectivity index (χ3n) is 2.26. The van der Waals surface area contributed by atoms with E-state index in [4.69, 9.17) is 0 Å². The molecule has 2 nitrogen and oxygen atoms in total. The van der Waals surface area contributed by atoms with Crippen molar-refractivity contribution in [1.29, 1.82) is 0 Å². The van der Waals surface area contributed by atoms with Crippen molar-refractivity contribution in [1.82, 2.24) is 9.78 Å². The summed E-state index contributed by atoms with van der Waals surface area (Å²) in [5.74, 6) is 0. The normalized spacial score (nSPS) is 11.0. The first-order valence-corrected chi connectivity index (χ1v) is 5.13. The highest BCUT2D eigenvalue weighted by molar-refractivity contribution is 9.10. The molecule has 0 saturated heterocycles. The maximum Gasteiger partial charge on any atom is 0.0937 e. The summed E-state index contributed by atoms with van der Waals surface area (Å²) in [4.78, 5) is 0. The number of benzene rings is 1. The molecule has 0 fully saturated rings. The van der Waals surface area contributed by atoms with Gasteiger partial charge in [-0.25, -0.2) is 0 Å². The van der Waals surface area contributed by atoms with Crippen molar-refractivity contribution in [2.45, 2.75) is 13.3 Å². The van der Waals surface area contributed by atoms with Gasteiger partial charge in [-0.05, 0) is 18.6 Å². The third-order valence-corrected chi connectivity index (χ3v) is 2.92. The molecule has 13 heavy (non-hydrogen) atoms. The SMILES string of the molecule is CCc1c2c(Br)cccc2nn1C. The van der Waals surface area contributed by atoms with E-state index in [9.17, 15) is 0 Å². The van der Waals surface area contributed by atoms with E-state index in [-0.39, 0.29) is 0 Å². The van der Waals surface area contributed by atoms with Crippen LogP contribution in [0.15, 0.2) is 22.7 Å². The molecule has 2 rings (SSSR count). The molecule has 0 aliphatic rings. The van der Waals surface area contributed by atoms with E-state index in [1.165, 1.54) is 11.1 Å². The molecule has 1 aromatic heterocycles.